The number of ether oxygens (including phenoxy) is 1. The van der Waals surface area contributed by atoms with E-state index < -0.39 is 11.8 Å². The normalized spacial score (nSPS) is 10.5. The highest BCUT2D eigenvalue weighted by Gasteiger charge is 2.09. The van der Waals surface area contributed by atoms with Gasteiger partial charge in [0.25, 0.3) is 0 Å². The minimum Gasteiger partial charge on any atom is -0.491 e. The van der Waals surface area contributed by atoms with Gasteiger partial charge in [0.2, 0.25) is 0 Å². The fourth-order valence-electron chi connectivity index (χ4n) is 2.12. The van der Waals surface area contributed by atoms with Crippen molar-refractivity contribution in [3.05, 3.63) is 59.7 Å². The number of nitrogens with one attached hydrogen (secondary N) is 2. The lowest BCUT2D eigenvalue weighted by molar-refractivity contribution is 0.241. The second-order valence-electron chi connectivity index (χ2n) is 5.57. The summed E-state index contributed by atoms with van der Waals surface area (Å²) < 4.78 is 32.4. The third-order valence-corrected chi connectivity index (χ3v) is 3.15. The molecule has 0 radical (unpaired) electrons. The third-order valence-electron chi connectivity index (χ3n) is 3.15. The lowest BCUT2D eigenvalue weighted by atomic mass is 10.1. The van der Waals surface area contributed by atoms with Gasteiger partial charge in [-0.05, 0) is 50.1 Å². The summed E-state index contributed by atoms with van der Waals surface area (Å²) in [6.45, 7) is 4.00. The van der Waals surface area contributed by atoms with Crippen LogP contribution in [0.2, 0.25) is 0 Å². The van der Waals surface area contributed by atoms with E-state index in [-0.39, 0.29) is 17.6 Å². The zero-order valence-electron chi connectivity index (χ0n) is 13.6. The Morgan fingerprint density at radius 3 is 2.62 bits per heavy atom. The molecule has 0 aliphatic carbocycles. The highest BCUT2D eigenvalue weighted by molar-refractivity contribution is 5.89. The maximum Gasteiger partial charge on any atom is 0.319 e. The summed E-state index contributed by atoms with van der Waals surface area (Å²) in [4.78, 5) is 11.8. The number of benzene rings is 2. The Morgan fingerprint density at radius 2 is 1.96 bits per heavy atom. The van der Waals surface area contributed by atoms with Crippen LogP contribution < -0.4 is 15.4 Å². The van der Waals surface area contributed by atoms with Crippen LogP contribution >= 0.6 is 0 Å². The van der Waals surface area contributed by atoms with E-state index in [1.54, 1.807) is 18.2 Å². The van der Waals surface area contributed by atoms with E-state index in [0.29, 0.717) is 18.7 Å². The topological polar surface area (TPSA) is 50.4 Å². The summed E-state index contributed by atoms with van der Waals surface area (Å²) in [5.74, 6) is -0.490. The summed E-state index contributed by atoms with van der Waals surface area (Å²) in [6, 6.07) is 9.89. The molecule has 0 aliphatic rings. The Morgan fingerprint density at radius 1 is 1.17 bits per heavy atom. The molecular weight excluding hydrogens is 314 g/mol. The molecule has 24 heavy (non-hydrogen) atoms. The second-order valence-corrected chi connectivity index (χ2v) is 5.57. The van der Waals surface area contributed by atoms with Gasteiger partial charge in [0.1, 0.15) is 17.4 Å². The molecule has 0 heterocycles. The number of hydrogen-bond donors (Lipinski definition) is 2. The summed E-state index contributed by atoms with van der Waals surface area (Å²) >= 11 is 0. The first-order valence-corrected chi connectivity index (χ1v) is 7.69. The van der Waals surface area contributed by atoms with Crippen LogP contribution in [-0.2, 0) is 6.42 Å². The quantitative estimate of drug-likeness (QED) is 0.835. The maximum atomic E-state index is 13.9. The molecule has 2 rings (SSSR count). The molecule has 128 valence electrons. The van der Waals surface area contributed by atoms with Gasteiger partial charge < -0.3 is 15.4 Å². The summed E-state index contributed by atoms with van der Waals surface area (Å²) in [7, 11) is 0. The van der Waals surface area contributed by atoms with Crippen molar-refractivity contribution in [1.82, 2.24) is 5.32 Å². The number of halogens is 2. The van der Waals surface area contributed by atoms with Crippen molar-refractivity contribution in [1.29, 1.82) is 0 Å². The van der Waals surface area contributed by atoms with Gasteiger partial charge in [0, 0.05) is 12.6 Å². The van der Waals surface area contributed by atoms with Crippen molar-refractivity contribution < 1.29 is 18.3 Å². The van der Waals surface area contributed by atoms with Gasteiger partial charge in [-0.1, -0.05) is 12.1 Å². The van der Waals surface area contributed by atoms with Crippen LogP contribution in [0, 0.1) is 11.6 Å². The Bertz CT molecular complexity index is 705. The minimum atomic E-state index is -0.576. The molecule has 2 aromatic rings. The van der Waals surface area contributed by atoms with E-state index >= 15 is 0 Å². The van der Waals surface area contributed by atoms with Crippen molar-refractivity contribution in [2.45, 2.75) is 26.4 Å². The third kappa shape index (κ3) is 5.53. The summed E-state index contributed by atoms with van der Waals surface area (Å²) in [5.41, 5.74) is 0.839. The molecule has 0 unspecified atom stereocenters. The smallest absolute Gasteiger partial charge is 0.319 e. The highest BCUT2D eigenvalue weighted by Crippen LogP contribution is 2.21. The molecule has 6 heteroatoms. The number of rotatable bonds is 6. The first-order chi connectivity index (χ1) is 11.4. The summed E-state index contributed by atoms with van der Waals surface area (Å²) in [5, 5.41) is 5.04. The number of urea groups is 1. The fourth-order valence-corrected chi connectivity index (χ4v) is 2.12. The van der Waals surface area contributed by atoms with Crippen molar-refractivity contribution in [2.75, 3.05) is 11.9 Å². The second kappa shape index (κ2) is 8.29. The predicted molar refractivity (Wildman–Crippen MR) is 89.3 cm³/mol. The van der Waals surface area contributed by atoms with Crippen molar-refractivity contribution in [3.63, 3.8) is 0 Å². The van der Waals surface area contributed by atoms with Gasteiger partial charge in [0.05, 0.1) is 11.8 Å². The van der Waals surface area contributed by atoms with E-state index in [1.165, 1.54) is 24.3 Å². The number of anilines is 1. The Kier molecular flexibility index (Phi) is 6.12. The van der Waals surface area contributed by atoms with Gasteiger partial charge >= 0.3 is 6.03 Å². The molecule has 0 aromatic heterocycles. The summed E-state index contributed by atoms with van der Waals surface area (Å²) in [6.07, 6.45) is 0.420. The van der Waals surface area contributed by atoms with E-state index in [0.717, 1.165) is 5.56 Å². The van der Waals surface area contributed by atoms with Crippen LogP contribution in [0.4, 0.5) is 19.3 Å². The number of hydrogen-bond acceptors (Lipinski definition) is 2. The number of carbonyl (C=O) groups is 1. The monoisotopic (exact) mass is 334 g/mol. The number of amides is 2. The molecule has 0 saturated heterocycles. The van der Waals surface area contributed by atoms with Crippen molar-refractivity contribution in [2.24, 2.45) is 0 Å². The SMILES string of the molecule is CC(C)Oc1ccc(NC(=O)NCCc2cccc(F)c2)c(F)c1. The van der Waals surface area contributed by atoms with Gasteiger partial charge in [-0.2, -0.15) is 0 Å². The predicted octanol–water partition coefficient (Wildman–Crippen LogP) is 4.12. The van der Waals surface area contributed by atoms with Crippen LogP contribution in [0.1, 0.15) is 19.4 Å². The molecule has 2 amide bonds. The molecule has 0 fully saturated rings. The fraction of sp³-hybridized carbons (Fsp3) is 0.278. The molecule has 4 nitrogen and oxygen atoms in total. The molecule has 0 saturated carbocycles. The van der Waals surface area contributed by atoms with Gasteiger partial charge in [-0.15, -0.1) is 0 Å². The van der Waals surface area contributed by atoms with Gasteiger partial charge in [-0.3, -0.25) is 0 Å². The first kappa shape index (κ1) is 17.7. The number of carbonyl (C=O) groups excluding carboxylic acids is 1. The van der Waals surface area contributed by atoms with Gasteiger partial charge in [0.15, 0.2) is 0 Å². The molecule has 2 N–H and O–H groups in total. The van der Waals surface area contributed by atoms with E-state index in [9.17, 15) is 13.6 Å². The van der Waals surface area contributed by atoms with Crippen LogP contribution in [0.25, 0.3) is 0 Å². The maximum absolute atomic E-state index is 13.9. The molecule has 0 bridgehead atoms. The average Bonchev–Trinajstić information content (AvgIpc) is 2.49. The molecule has 0 spiro atoms. The first-order valence-electron chi connectivity index (χ1n) is 7.69. The highest BCUT2D eigenvalue weighted by atomic mass is 19.1. The molecule has 0 atom stereocenters. The largest absolute Gasteiger partial charge is 0.491 e. The Balaban J connectivity index is 1.83. The zero-order valence-corrected chi connectivity index (χ0v) is 13.6. The lowest BCUT2D eigenvalue weighted by Gasteiger charge is -2.12. The zero-order chi connectivity index (χ0) is 17.5. The van der Waals surface area contributed by atoms with Crippen LogP contribution in [0.5, 0.6) is 5.75 Å². The van der Waals surface area contributed by atoms with Crippen LogP contribution in [0.15, 0.2) is 42.5 Å². The molecule has 2 aromatic carbocycles. The van der Waals surface area contributed by atoms with Crippen molar-refractivity contribution in [3.8, 4) is 5.75 Å². The van der Waals surface area contributed by atoms with Crippen molar-refractivity contribution >= 4 is 11.7 Å². The standard InChI is InChI=1S/C18H20F2N2O2/c1-12(2)24-15-6-7-17(16(20)11-15)22-18(23)21-9-8-13-4-3-5-14(19)10-13/h3-7,10-12H,8-9H2,1-2H3,(H2,21,22,23). The average molecular weight is 334 g/mol. The molecular formula is C18H20F2N2O2. The van der Waals surface area contributed by atoms with Crippen LogP contribution in [0.3, 0.4) is 0 Å². The Hall–Kier alpha value is -2.63. The molecule has 0 aliphatic heterocycles. The van der Waals surface area contributed by atoms with Gasteiger partial charge in [-0.25, -0.2) is 13.6 Å². The van der Waals surface area contributed by atoms with E-state index in [4.69, 9.17) is 4.74 Å². The van der Waals surface area contributed by atoms with E-state index in [1.807, 2.05) is 13.8 Å². The lowest BCUT2D eigenvalue weighted by Crippen LogP contribution is -2.30. The Labute approximate surface area is 139 Å². The van der Waals surface area contributed by atoms with E-state index in [2.05, 4.69) is 10.6 Å². The minimum absolute atomic E-state index is 0.0608. The van der Waals surface area contributed by atoms with Crippen LogP contribution in [-0.4, -0.2) is 18.7 Å².